The number of fused-ring (bicyclic) bond motifs is 11. The Morgan fingerprint density at radius 3 is 2.49 bits per heavy atom. The minimum Gasteiger partial charge on any atom is -0.437 e. The highest BCUT2D eigenvalue weighted by molar-refractivity contribution is 6.89. The number of benzene rings is 3. The molecule has 9 rings (SSSR count). The van der Waals surface area contributed by atoms with Gasteiger partial charge in [0.25, 0.3) is 0 Å². The molecule has 53 heavy (non-hydrogen) atoms. The number of aliphatic imine (C=N–C) groups is 1. The molecule has 2 aliphatic heterocycles. The monoisotopic (exact) mass is 712 g/mol. The maximum Gasteiger partial charge on any atom is 0.227 e. The molecule has 3 aliphatic rings. The van der Waals surface area contributed by atoms with Crippen molar-refractivity contribution in [3.63, 3.8) is 0 Å². The molecular weight excluding hydrogens is 663 g/mol. The summed E-state index contributed by atoms with van der Waals surface area (Å²) in [5.74, 6) is 1.12. The van der Waals surface area contributed by atoms with E-state index >= 15 is 0 Å². The van der Waals surface area contributed by atoms with Crippen LogP contribution in [0.2, 0.25) is 19.6 Å². The first-order valence-corrected chi connectivity index (χ1v) is 23.2. The van der Waals surface area contributed by atoms with Crippen molar-refractivity contribution in [2.24, 2.45) is 10.9 Å². The second-order valence-corrected chi connectivity index (χ2v) is 21.9. The molecule has 3 aromatic heterocycles. The average Bonchev–Trinajstić information content (AvgIpc) is 3.81. The summed E-state index contributed by atoms with van der Waals surface area (Å²) in [5, 5.41) is 3.74. The maximum absolute atomic E-state index is 6.77. The summed E-state index contributed by atoms with van der Waals surface area (Å²) in [6, 6.07) is 28.9. The van der Waals surface area contributed by atoms with Gasteiger partial charge in [-0.05, 0) is 78.6 Å². The Balaban J connectivity index is 1.19. The maximum atomic E-state index is 6.77. The summed E-state index contributed by atoms with van der Waals surface area (Å²) in [7, 11) is -1.65. The Bertz CT molecular complexity index is 2460. The number of rotatable bonds is 5. The summed E-state index contributed by atoms with van der Waals surface area (Å²) >= 11 is 0. The van der Waals surface area contributed by atoms with Crippen LogP contribution < -0.4 is 9.75 Å². The van der Waals surface area contributed by atoms with Crippen LogP contribution in [0, 0.1) is 12.8 Å². The lowest BCUT2D eigenvalue weighted by atomic mass is 9.77. The third-order valence-electron chi connectivity index (χ3n) is 12.3. The highest BCUT2D eigenvalue weighted by Gasteiger charge is 2.42. The van der Waals surface area contributed by atoms with E-state index in [1.165, 1.54) is 60.1 Å². The fourth-order valence-electron chi connectivity index (χ4n) is 9.83. The van der Waals surface area contributed by atoms with E-state index in [1.807, 2.05) is 24.3 Å². The van der Waals surface area contributed by atoms with E-state index in [2.05, 4.69) is 111 Å². The molecule has 0 saturated heterocycles. The quantitative estimate of drug-likeness (QED) is 0.132. The standard InChI is InChI=1S/C48H50N3OSi/c1-7-40-46-34(25-30(2)45-39-23-24-41(33-17-9-8-10-18-33)50-48(39)52-47(45)46)21-22-38-36-19-13-14-20-37(36)43-28-35(27-32-15-11-12-16-32)44(53(4,5)6)29-51(43)42(38)26-31(3)49-40/h7-10,13-14,17-20,23-25,28-29,32,38,42H,1,3,11-12,15-16,21-22,26-27H2,2,4-6H3/q+1/b49-40-. The third kappa shape index (κ3) is 5.94. The predicted molar refractivity (Wildman–Crippen MR) is 223 cm³/mol. The zero-order chi connectivity index (χ0) is 36.4. The predicted octanol–water partition coefficient (Wildman–Crippen LogP) is 11.4. The summed E-state index contributed by atoms with van der Waals surface area (Å²) in [6.07, 6.45) is 13.9. The molecule has 6 aromatic rings. The lowest BCUT2D eigenvalue weighted by Gasteiger charge is -2.33. The number of hydrogen-bond donors (Lipinski definition) is 0. The molecule has 0 radical (unpaired) electrons. The highest BCUT2D eigenvalue weighted by Crippen LogP contribution is 2.45. The van der Waals surface area contributed by atoms with E-state index in [9.17, 15) is 0 Å². The van der Waals surface area contributed by atoms with Gasteiger partial charge in [0.1, 0.15) is 5.58 Å². The Morgan fingerprint density at radius 2 is 1.72 bits per heavy atom. The largest absolute Gasteiger partial charge is 0.437 e. The molecule has 1 aliphatic carbocycles. The van der Waals surface area contributed by atoms with Gasteiger partial charge in [0.2, 0.25) is 11.4 Å². The Labute approximate surface area is 315 Å². The number of furan rings is 1. The number of pyridine rings is 2. The first-order valence-electron chi connectivity index (χ1n) is 19.7. The summed E-state index contributed by atoms with van der Waals surface area (Å²) in [6.45, 7) is 18.7. The second kappa shape index (κ2) is 13.2. The molecule has 4 nitrogen and oxygen atoms in total. The van der Waals surface area contributed by atoms with Crippen LogP contribution in [0.4, 0.5) is 0 Å². The van der Waals surface area contributed by atoms with Gasteiger partial charge in [0, 0.05) is 50.3 Å². The Kier molecular flexibility index (Phi) is 8.46. The number of allylic oxidation sites excluding steroid dienone is 2. The SMILES string of the molecule is C=C/C1=N/C(=C)CC2C(CCc3cc(C)c4c(oc5nc(-c6ccccc6)ccc54)c31)c1ccccc1-c1cc(CC3CCCC3)c([Si](C)(C)C)c[n+]12. The molecular formula is C48H50N3OSi+. The molecule has 1 saturated carbocycles. The lowest BCUT2D eigenvalue weighted by Crippen LogP contribution is -2.54. The average molecular weight is 713 g/mol. The van der Waals surface area contributed by atoms with Gasteiger partial charge in [-0.3, -0.25) is 4.99 Å². The van der Waals surface area contributed by atoms with E-state index in [4.69, 9.17) is 14.4 Å². The van der Waals surface area contributed by atoms with E-state index in [0.29, 0.717) is 11.6 Å². The molecule has 266 valence electrons. The van der Waals surface area contributed by atoms with Crippen molar-refractivity contribution in [3.8, 4) is 22.5 Å². The molecule has 1 fully saturated rings. The van der Waals surface area contributed by atoms with Crippen molar-refractivity contribution in [1.82, 2.24) is 4.98 Å². The topological polar surface area (TPSA) is 42.3 Å². The van der Waals surface area contributed by atoms with Crippen molar-refractivity contribution >= 4 is 41.0 Å². The van der Waals surface area contributed by atoms with Crippen molar-refractivity contribution in [3.05, 3.63) is 138 Å². The van der Waals surface area contributed by atoms with Gasteiger partial charge in [0.15, 0.2) is 12.2 Å². The number of aryl methyl sites for hydroxylation is 2. The fraction of sp³-hybridized carbons (Fsp3) is 0.312. The lowest BCUT2D eigenvalue weighted by molar-refractivity contribution is -0.717. The van der Waals surface area contributed by atoms with E-state index in [-0.39, 0.29) is 6.04 Å². The van der Waals surface area contributed by atoms with Crippen LogP contribution >= 0.6 is 0 Å². The molecule has 0 N–H and O–H groups in total. The van der Waals surface area contributed by atoms with Crippen LogP contribution in [0.1, 0.15) is 78.3 Å². The van der Waals surface area contributed by atoms with Gasteiger partial charge >= 0.3 is 0 Å². The van der Waals surface area contributed by atoms with Crippen molar-refractivity contribution in [2.75, 3.05) is 0 Å². The number of hydrogen-bond acceptors (Lipinski definition) is 3. The first-order chi connectivity index (χ1) is 25.7. The zero-order valence-corrected chi connectivity index (χ0v) is 32.7. The van der Waals surface area contributed by atoms with Crippen molar-refractivity contribution in [2.45, 2.75) is 89.9 Å². The molecule has 0 spiro atoms. The van der Waals surface area contributed by atoms with E-state index < -0.39 is 8.07 Å². The molecule has 5 heterocycles. The normalized spacial score (nSPS) is 20.0. The molecule has 5 heteroatoms. The molecule has 2 unspecified atom stereocenters. The van der Waals surface area contributed by atoms with Gasteiger partial charge < -0.3 is 4.42 Å². The Morgan fingerprint density at radius 1 is 0.943 bits per heavy atom. The third-order valence-corrected chi connectivity index (χ3v) is 14.4. The first kappa shape index (κ1) is 33.9. The minimum absolute atomic E-state index is 0.219. The molecule has 0 bridgehead atoms. The van der Waals surface area contributed by atoms with E-state index in [0.717, 1.165) is 69.8 Å². The smallest absolute Gasteiger partial charge is 0.227 e. The van der Waals surface area contributed by atoms with Crippen molar-refractivity contribution < 1.29 is 8.98 Å². The van der Waals surface area contributed by atoms with E-state index in [1.54, 1.807) is 10.8 Å². The molecule has 0 amide bonds. The highest BCUT2D eigenvalue weighted by atomic mass is 28.3. The molecule has 3 aromatic carbocycles. The number of nitrogens with zero attached hydrogens (tertiary/aromatic N) is 3. The van der Waals surface area contributed by atoms with Crippen LogP contribution in [0.15, 0.2) is 119 Å². The van der Waals surface area contributed by atoms with Crippen molar-refractivity contribution in [1.29, 1.82) is 0 Å². The molecule has 2 atom stereocenters. The Hall–Kier alpha value is -4.87. The van der Waals surface area contributed by atoms with Crippen LogP contribution in [-0.2, 0) is 12.8 Å². The van der Waals surface area contributed by atoms with Gasteiger partial charge in [-0.15, -0.1) is 0 Å². The summed E-state index contributed by atoms with van der Waals surface area (Å²) in [4.78, 5) is 10.3. The summed E-state index contributed by atoms with van der Waals surface area (Å²) in [5.41, 5.74) is 14.4. The number of aromatic nitrogens is 2. The van der Waals surface area contributed by atoms with Gasteiger partial charge in [-0.1, -0.05) is 113 Å². The fourth-order valence-corrected chi connectivity index (χ4v) is 11.5. The van der Waals surface area contributed by atoms with Gasteiger partial charge in [0.05, 0.1) is 25.9 Å². The van der Waals surface area contributed by atoms with Gasteiger partial charge in [-0.25, -0.2) is 4.98 Å². The van der Waals surface area contributed by atoms with Crippen LogP contribution in [-0.4, -0.2) is 18.8 Å². The van der Waals surface area contributed by atoms with Crippen LogP contribution in [0.3, 0.4) is 0 Å². The van der Waals surface area contributed by atoms with Crippen LogP contribution in [0.5, 0.6) is 0 Å². The van der Waals surface area contributed by atoms with Gasteiger partial charge in [-0.2, -0.15) is 4.57 Å². The summed E-state index contributed by atoms with van der Waals surface area (Å²) < 4.78 is 9.42. The zero-order valence-electron chi connectivity index (χ0n) is 31.7. The minimum atomic E-state index is -1.65. The second-order valence-electron chi connectivity index (χ2n) is 16.8. The van der Waals surface area contributed by atoms with Crippen LogP contribution in [0.25, 0.3) is 44.6 Å².